The number of rotatable bonds is 7. The Hall–Kier alpha value is 0.568. The average Bonchev–Trinajstić information content (AvgIpc) is 1.91. The van der Waals surface area contributed by atoms with Crippen LogP contribution in [0.1, 0.15) is 0 Å². The largest absolute Gasteiger partial charge is 0.432 e. The fraction of sp³-hybridized carbons (Fsp3) is 1.00. The van der Waals surface area contributed by atoms with Gasteiger partial charge in [-0.1, -0.05) is 0 Å². The second-order valence-corrected chi connectivity index (χ2v) is 21.0. The maximum Gasteiger partial charge on any atom is 0.320 e. The van der Waals surface area contributed by atoms with E-state index < -0.39 is 40.0 Å². The first-order valence-corrected chi connectivity index (χ1v) is 17.6. The first-order valence-electron chi connectivity index (χ1n) is 6.17. The number of alkyl halides is 2. The summed E-state index contributed by atoms with van der Waals surface area (Å²) >= 11 is 0. The lowest BCUT2D eigenvalue weighted by Gasteiger charge is -2.39. The van der Waals surface area contributed by atoms with Gasteiger partial charge in [0.15, 0.2) is 0 Å². The highest BCUT2D eigenvalue weighted by Crippen LogP contribution is 2.25. The van der Waals surface area contributed by atoms with Gasteiger partial charge in [-0.15, -0.1) is 0 Å². The summed E-state index contributed by atoms with van der Waals surface area (Å²) in [5.41, 5.74) is 0. The summed E-state index contributed by atoms with van der Waals surface area (Å²) in [6.45, 7) is 13.4. The topological polar surface area (TPSA) is 47.9 Å². The van der Waals surface area contributed by atoms with Crippen LogP contribution in [0.4, 0.5) is 8.78 Å². The highest BCUT2D eigenvalue weighted by atomic mass is 28.5. The predicted molar refractivity (Wildman–Crippen MR) is 81.4 cm³/mol. The molecule has 0 aromatic rings. The quantitative estimate of drug-likeness (QED) is 0.718. The lowest BCUT2D eigenvalue weighted by molar-refractivity contribution is 0.197. The van der Waals surface area contributed by atoms with Gasteiger partial charge in [-0.25, -0.2) is 8.78 Å². The molecule has 0 bridgehead atoms. The van der Waals surface area contributed by atoms with Crippen molar-refractivity contribution in [2.45, 2.75) is 58.4 Å². The molecule has 0 unspecified atom stereocenters. The molecule has 0 aliphatic rings. The third-order valence-electron chi connectivity index (χ3n) is 2.02. The lowest BCUT2D eigenvalue weighted by atomic mass is 11.6. The van der Waals surface area contributed by atoms with E-state index in [2.05, 4.69) is 0 Å². The third-order valence-corrected chi connectivity index (χ3v) is 15.0. The molecule has 0 aromatic carbocycles. The Morgan fingerprint density at radius 1 is 0.737 bits per heavy atom. The lowest BCUT2D eigenvalue weighted by Crippen LogP contribution is -2.58. The summed E-state index contributed by atoms with van der Waals surface area (Å²) in [6.07, 6.45) is 0. The SMILES string of the molecule is C[Si](C)(O)O[Si](C)(C)O[Si](C)(C)O[Si](C)(C)C(F)F. The van der Waals surface area contributed by atoms with Gasteiger partial charge in [-0.2, -0.15) is 0 Å². The smallest absolute Gasteiger partial charge is 0.320 e. The zero-order valence-corrected chi connectivity index (χ0v) is 17.0. The second-order valence-electron chi connectivity index (χ2n) is 6.46. The summed E-state index contributed by atoms with van der Waals surface area (Å²) in [6, 6.07) is -2.45. The molecule has 0 heterocycles. The Kier molecular flexibility index (Phi) is 6.32. The van der Waals surface area contributed by atoms with E-state index in [4.69, 9.17) is 12.3 Å². The highest BCUT2D eigenvalue weighted by Gasteiger charge is 2.46. The van der Waals surface area contributed by atoms with Crippen molar-refractivity contribution >= 4 is 34.0 Å². The van der Waals surface area contributed by atoms with Gasteiger partial charge in [0.05, 0.1) is 0 Å². The summed E-state index contributed by atoms with van der Waals surface area (Å²) in [4.78, 5) is 9.81. The van der Waals surface area contributed by atoms with Crippen molar-refractivity contribution in [1.29, 1.82) is 0 Å². The van der Waals surface area contributed by atoms with Gasteiger partial charge in [0.2, 0.25) is 6.05 Å². The zero-order chi connectivity index (χ0) is 15.7. The van der Waals surface area contributed by atoms with Gasteiger partial charge in [0, 0.05) is 0 Å². The number of halogens is 2. The molecule has 0 aliphatic carbocycles. The van der Waals surface area contributed by atoms with Crippen molar-refractivity contribution in [2.75, 3.05) is 0 Å². The van der Waals surface area contributed by atoms with Gasteiger partial charge in [-0.05, 0) is 52.4 Å². The van der Waals surface area contributed by atoms with Crippen LogP contribution in [-0.2, 0) is 12.3 Å². The molecule has 116 valence electrons. The van der Waals surface area contributed by atoms with Crippen LogP contribution in [0.2, 0.25) is 52.4 Å². The van der Waals surface area contributed by atoms with E-state index in [-0.39, 0.29) is 0 Å². The summed E-state index contributed by atoms with van der Waals surface area (Å²) in [5, 5.41) is 0. The van der Waals surface area contributed by atoms with Crippen LogP contribution < -0.4 is 0 Å². The molecule has 0 atom stereocenters. The molecule has 0 spiro atoms. The molecule has 0 aromatic heterocycles. The predicted octanol–water partition coefficient (Wildman–Crippen LogP) is 3.14. The van der Waals surface area contributed by atoms with Crippen LogP contribution in [0.15, 0.2) is 0 Å². The maximum absolute atomic E-state index is 12.9. The van der Waals surface area contributed by atoms with E-state index in [9.17, 15) is 13.6 Å². The maximum atomic E-state index is 12.9. The van der Waals surface area contributed by atoms with Crippen molar-refractivity contribution < 1.29 is 25.9 Å². The molecule has 1 N–H and O–H groups in total. The Morgan fingerprint density at radius 3 is 1.42 bits per heavy atom. The summed E-state index contributed by atoms with van der Waals surface area (Å²) in [7, 11) is -11.1. The number of hydrogen-bond acceptors (Lipinski definition) is 4. The monoisotopic (exact) mass is 348 g/mol. The summed E-state index contributed by atoms with van der Waals surface area (Å²) in [5.74, 6) is 0. The van der Waals surface area contributed by atoms with Crippen LogP contribution >= 0.6 is 0 Å². The van der Waals surface area contributed by atoms with Crippen molar-refractivity contribution in [3.63, 3.8) is 0 Å². The number of hydrogen-bond donors (Lipinski definition) is 1. The first-order chi connectivity index (χ1) is 8.06. The molecule has 19 heavy (non-hydrogen) atoms. The van der Waals surface area contributed by atoms with Crippen LogP contribution in [0.3, 0.4) is 0 Å². The zero-order valence-electron chi connectivity index (χ0n) is 13.0. The second kappa shape index (κ2) is 6.13. The van der Waals surface area contributed by atoms with Crippen LogP contribution in [-0.4, -0.2) is 44.8 Å². The van der Waals surface area contributed by atoms with E-state index in [1.165, 1.54) is 13.1 Å². The van der Waals surface area contributed by atoms with E-state index >= 15 is 0 Å². The molecule has 0 rings (SSSR count). The fourth-order valence-corrected chi connectivity index (χ4v) is 18.0. The van der Waals surface area contributed by atoms with Crippen molar-refractivity contribution in [1.82, 2.24) is 0 Å². The molecule has 0 amide bonds. The van der Waals surface area contributed by atoms with Crippen LogP contribution in [0.25, 0.3) is 0 Å². The van der Waals surface area contributed by atoms with E-state index in [0.717, 1.165) is 0 Å². The average molecular weight is 349 g/mol. The molecular formula is C9H26F2O4Si4. The summed E-state index contributed by atoms with van der Waals surface area (Å²) < 4.78 is 43.0. The van der Waals surface area contributed by atoms with Gasteiger partial charge in [0.1, 0.15) is 0 Å². The van der Waals surface area contributed by atoms with Gasteiger partial charge in [-0.3, -0.25) is 0 Å². The molecule has 0 saturated carbocycles. The minimum atomic E-state index is -3.06. The van der Waals surface area contributed by atoms with Crippen LogP contribution in [0, 0.1) is 0 Å². The molecule has 10 heteroatoms. The van der Waals surface area contributed by atoms with Gasteiger partial charge >= 0.3 is 25.7 Å². The normalized spacial score (nSPS) is 15.2. The molecular weight excluding hydrogens is 322 g/mol. The van der Waals surface area contributed by atoms with Crippen molar-refractivity contribution in [3.05, 3.63) is 0 Å². The van der Waals surface area contributed by atoms with Crippen LogP contribution in [0.5, 0.6) is 0 Å². The highest BCUT2D eigenvalue weighted by molar-refractivity contribution is 6.88. The Labute approximate surface area is 119 Å². The Balaban J connectivity index is 4.77. The van der Waals surface area contributed by atoms with E-state index in [0.29, 0.717) is 0 Å². The Morgan fingerprint density at radius 2 is 1.11 bits per heavy atom. The van der Waals surface area contributed by atoms with Gasteiger partial charge < -0.3 is 17.1 Å². The minimum Gasteiger partial charge on any atom is -0.432 e. The van der Waals surface area contributed by atoms with E-state index in [1.807, 2.05) is 0 Å². The molecule has 0 radical (unpaired) electrons. The molecule has 0 saturated heterocycles. The standard InChI is InChI=1S/C9H26F2O4Si4/c1-16(2,9(10)11)13-18(5,6)15-19(7,8)14-17(3,4)12/h9,12H,1-8H3. The molecule has 4 nitrogen and oxygen atoms in total. The molecule has 0 aliphatic heterocycles. The fourth-order valence-electron chi connectivity index (χ4n) is 1.91. The van der Waals surface area contributed by atoms with Gasteiger partial charge in [0.25, 0.3) is 8.32 Å². The van der Waals surface area contributed by atoms with Crippen molar-refractivity contribution in [2.24, 2.45) is 0 Å². The minimum absolute atomic E-state index is 1.48. The van der Waals surface area contributed by atoms with Crippen molar-refractivity contribution in [3.8, 4) is 0 Å². The van der Waals surface area contributed by atoms with E-state index in [1.54, 1.807) is 39.3 Å². The third kappa shape index (κ3) is 8.44. The Bertz CT molecular complexity index is 305. The molecule has 0 fully saturated rings. The first kappa shape index (κ1) is 19.6.